The Morgan fingerprint density at radius 1 is 1.44 bits per heavy atom. The fourth-order valence-electron chi connectivity index (χ4n) is 0.260. The quantitative estimate of drug-likeness (QED) is 0.551. The van der Waals surface area contributed by atoms with Crippen molar-refractivity contribution in [1.82, 2.24) is 0 Å². The SMILES string of the molecule is CC.CC/C(C)=C\C=N. The maximum Gasteiger partial charge on any atom is 0.0177 e. The van der Waals surface area contributed by atoms with Crippen LogP contribution in [0.1, 0.15) is 34.1 Å². The molecule has 0 unspecified atom stereocenters. The van der Waals surface area contributed by atoms with Crippen LogP contribution in [0, 0.1) is 5.41 Å². The van der Waals surface area contributed by atoms with E-state index in [4.69, 9.17) is 5.41 Å². The zero-order valence-electron chi connectivity index (χ0n) is 6.86. The van der Waals surface area contributed by atoms with Crippen molar-refractivity contribution >= 4 is 6.21 Å². The molecule has 0 aromatic carbocycles. The molecule has 0 aliphatic heterocycles. The van der Waals surface area contributed by atoms with E-state index in [1.165, 1.54) is 11.8 Å². The lowest BCUT2D eigenvalue weighted by molar-refractivity contribution is 1.10. The number of hydrogen-bond acceptors (Lipinski definition) is 1. The molecule has 1 N–H and O–H groups in total. The molecule has 0 spiro atoms. The van der Waals surface area contributed by atoms with Gasteiger partial charge in [-0.1, -0.05) is 26.3 Å². The summed E-state index contributed by atoms with van der Waals surface area (Å²) in [4.78, 5) is 0. The molecule has 1 nitrogen and oxygen atoms in total. The lowest BCUT2D eigenvalue weighted by Gasteiger charge is -1.85. The van der Waals surface area contributed by atoms with Gasteiger partial charge in [-0.25, -0.2) is 0 Å². The minimum absolute atomic E-state index is 1.05. The van der Waals surface area contributed by atoms with Crippen LogP contribution in [0.2, 0.25) is 0 Å². The van der Waals surface area contributed by atoms with Gasteiger partial charge in [0.2, 0.25) is 0 Å². The van der Waals surface area contributed by atoms with Crippen LogP contribution in [-0.2, 0) is 0 Å². The van der Waals surface area contributed by atoms with Gasteiger partial charge in [-0.2, -0.15) is 0 Å². The average molecular weight is 127 g/mol. The van der Waals surface area contributed by atoms with Crippen molar-refractivity contribution in [2.45, 2.75) is 34.1 Å². The van der Waals surface area contributed by atoms with Gasteiger partial charge in [-0.3, -0.25) is 0 Å². The Bertz CT molecular complexity index is 82.6. The van der Waals surface area contributed by atoms with E-state index in [9.17, 15) is 0 Å². The molecular weight excluding hydrogens is 110 g/mol. The normalized spacial score (nSPS) is 9.56. The van der Waals surface area contributed by atoms with Gasteiger partial charge in [0.15, 0.2) is 0 Å². The second-order valence-electron chi connectivity index (χ2n) is 1.53. The first kappa shape index (κ1) is 11.2. The summed E-state index contributed by atoms with van der Waals surface area (Å²) in [7, 11) is 0. The van der Waals surface area contributed by atoms with E-state index in [-0.39, 0.29) is 0 Å². The number of allylic oxidation sites excluding steroid dienone is 2. The highest BCUT2D eigenvalue weighted by molar-refractivity contribution is 5.68. The summed E-state index contributed by atoms with van der Waals surface area (Å²) in [5.74, 6) is 0. The van der Waals surface area contributed by atoms with Crippen molar-refractivity contribution in [3.63, 3.8) is 0 Å². The summed E-state index contributed by atoms with van der Waals surface area (Å²) >= 11 is 0. The largest absolute Gasteiger partial charge is 0.309 e. The van der Waals surface area contributed by atoms with E-state index in [1.807, 2.05) is 20.8 Å². The Balaban J connectivity index is 0. The van der Waals surface area contributed by atoms with Gasteiger partial charge in [-0.15, -0.1) is 0 Å². The molecule has 9 heavy (non-hydrogen) atoms. The summed E-state index contributed by atoms with van der Waals surface area (Å²) in [6.45, 7) is 8.10. The molecule has 0 bridgehead atoms. The van der Waals surface area contributed by atoms with E-state index < -0.39 is 0 Å². The molecule has 0 fully saturated rings. The molecule has 0 saturated carbocycles. The van der Waals surface area contributed by atoms with Crippen LogP contribution in [0.15, 0.2) is 11.6 Å². The smallest absolute Gasteiger partial charge is 0.0177 e. The van der Waals surface area contributed by atoms with Crippen molar-refractivity contribution in [2.75, 3.05) is 0 Å². The van der Waals surface area contributed by atoms with Crippen LogP contribution in [0.4, 0.5) is 0 Å². The Kier molecular flexibility index (Phi) is 13.0. The first-order valence-electron chi connectivity index (χ1n) is 3.47. The van der Waals surface area contributed by atoms with Gasteiger partial charge >= 0.3 is 0 Å². The van der Waals surface area contributed by atoms with E-state index in [2.05, 4.69) is 6.92 Å². The molecule has 0 aromatic heterocycles. The molecule has 0 aliphatic carbocycles. The second kappa shape index (κ2) is 10.4. The van der Waals surface area contributed by atoms with Crippen molar-refractivity contribution in [1.29, 1.82) is 5.41 Å². The molecular formula is C8H17N. The molecule has 0 radical (unpaired) electrons. The van der Waals surface area contributed by atoms with Gasteiger partial charge < -0.3 is 5.41 Å². The highest BCUT2D eigenvalue weighted by atomic mass is 14.3. The third-order valence-corrected chi connectivity index (χ3v) is 0.926. The molecule has 0 atom stereocenters. The summed E-state index contributed by atoms with van der Waals surface area (Å²) in [6, 6.07) is 0. The lowest BCUT2D eigenvalue weighted by atomic mass is 10.2. The third kappa shape index (κ3) is 11.2. The second-order valence-corrected chi connectivity index (χ2v) is 1.53. The van der Waals surface area contributed by atoms with Crippen LogP contribution >= 0.6 is 0 Å². The topological polar surface area (TPSA) is 23.9 Å². The average Bonchev–Trinajstić information content (AvgIpc) is 1.93. The maximum atomic E-state index is 6.64. The summed E-state index contributed by atoms with van der Waals surface area (Å²) in [5.41, 5.74) is 1.26. The fraction of sp³-hybridized carbons (Fsp3) is 0.625. The minimum atomic E-state index is 1.05. The van der Waals surface area contributed by atoms with Crippen molar-refractivity contribution in [3.8, 4) is 0 Å². The first-order valence-corrected chi connectivity index (χ1v) is 3.47. The third-order valence-electron chi connectivity index (χ3n) is 0.926. The molecule has 1 heteroatoms. The van der Waals surface area contributed by atoms with E-state index >= 15 is 0 Å². The number of nitrogens with one attached hydrogen (secondary N) is 1. The molecule has 54 valence electrons. The number of rotatable bonds is 2. The molecule has 0 aromatic rings. The molecule has 0 heterocycles. The zero-order chi connectivity index (χ0) is 7.70. The highest BCUT2D eigenvalue weighted by Gasteiger charge is 1.75. The van der Waals surface area contributed by atoms with Crippen LogP contribution < -0.4 is 0 Å². The van der Waals surface area contributed by atoms with Crippen LogP contribution in [0.25, 0.3) is 0 Å². The van der Waals surface area contributed by atoms with E-state index in [0.717, 1.165) is 6.42 Å². The van der Waals surface area contributed by atoms with E-state index in [1.54, 1.807) is 6.08 Å². The van der Waals surface area contributed by atoms with Gasteiger partial charge in [-0.05, 0) is 19.4 Å². The van der Waals surface area contributed by atoms with Crippen LogP contribution in [0.5, 0.6) is 0 Å². The monoisotopic (exact) mass is 127 g/mol. The fourth-order valence-corrected chi connectivity index (χ4v) is 0.260. The Labute approximate surface area is 58.3 Å². The van der Waals surface area contributed by atoms with Crippen LogP contribution in [-0.4, -0.2) is 6.21 Å². The Morgan fingerprint density at radius 2 is 1.89 bits per heavy atom. The summed E-state index contributed by atoms with van der Waals surface area (Å²) < 4.78 is 0. The van der Waals surface area contributed by atoms with Gasteiger partial charge in [0, 0.05) is 6.21 Å². The maximum absolute atomic E-state index is 6.64. The van der Waals surface area contributed by atoms with Crippen molar-refractivity contribution in [3.05, 3.63) is 11.6 Å². The van der Waals surface area contributed by atoms with Crippen LogP contribution in [0.3, 0.4) is 0 Å². The molecule has 0 saturated heterocycles. The minimum Gasteiger partial charge on any atom is -0.309 e. The zero-order valence-corrected chi connectivity index (χ0v) is 6.86. The molecule has 0 amide bonds. The molecule has 0 rings (SSSR count). The van der Waals surface area contributed by atoms with Gasteiger partial charge in [0.1, 0.15) is 0 Å². The predicted molar refractivity (Wildman–Crippen MR) is 44.2 cm³/mol. The number of hydrogen-bond donors (Lipinski definition) is 1. The molecule has 0 aliphatic rings. The van der Waals surface area contributed by atoms with Gasteiger partial charge in [0.05, 0.1) is 0 Å². The first-order chi connectivity index (χ1) is 4.31. The lowest BCUT2D eigenvalue weighted by Crippen LogP contribution is -1.69. The Morgan fingerprint density at radius 3 is 2.00 bits per heavy atom. The standard InChI is InChI=1S/C6H11N.C2H6/c1-3-6(2)4-5-7;1-2/h4-5,7H,3H2,1-2H3;1-2H3/b6-4-,7-5?;. The predicted octanol–water partition coefficient (Wildman–Crippen LogP) is 3.02. The van der Waals surface area contributed by atoms with Crippen molar-refractivity contribution in [2.24, 2.45) is 0 Å². The van der Waals surface area contributed by atoms with Crippen molar-refractivity contribution < 1.29 is 0 Å². The van der Waals surface area contributed by atoms with Gasteiger partial charge in [0.25, 0.3) is 0 Å². The Hall–Kier alpha value is -0.590. The highest BCUT2D eigenvalue weighted by Crippen LogP contribution is 1.93. The summed E-state index contributed by atoms with van der Waals surface area (Å²) in [6.07, 6.45) is 4.17. The summed E-state index contributed by atoms with van der Waals surface area (Å²) in [5, 5.41) is 6.64. The van der Waals surface area contributed by atoms with E-state index in [0.29, 0.717) is 0 Å².